The van der Waals surface area contributed by atoms with Crippen LogP contribution in [0.1, 0.15) is 25.5 Å². The molecule has 1 aromatic heterocycles. The summed E-state index contributed by atoms with van der Waals surface area (Å²) in [6, 6.07) is 12.0. The standard InChI is InChI=1S/C16H12ClN3O3S/c17-14(12-4-5-13(24-12)15(19)21)11-8-20(16(22)23-11)10-3-1-2-9(6-10)7-18/h1-6,11,14H,8H2,(H2,19,21). The van der Waals surface area contributed by atoms with E-state index in [0.717, 1.165) is 0 Å². The highest BCUT2D eigenvalue weighted by atomic mass is 35.5. The van der Waals surface area contributed by atoms with Gasteiger partial charge in [0.05, 0.1) is 23.1 Å². The van der Waals surface area contributed by atoms with Gasteiger partial charge in [-0.05, 0) is 30.3 Å². The van der Waals surface area contributed by atoms with Crippen LogP contribution >= 0.6 is 22.9 Å². The molecule has 8 heteroatoms. The molecule has 0 saturated carbocycles. The quantitative estimate of drug-likeness (QED) is 0.846. The van der Waals surface area contributed by atoms with Crippen molar-refractivity contribution in [3.8, 4) is 6.07 Å². The van der Waals surface area contributed by atoms with Crippen molar-refractivity contribution >= 4 is 40.6 Å². The molecule has 1 aromatic carbocycles. The van der Waals surface area contributed by atoms with Crippen molar-refractivity contribution in [2.24, 2.45) is 5.73 Å². The predicted octanol–water partition coefficient (Wildman–Crippen LogP) is 3.02. The number of hydrogen-bond donors (Lipinski definition) is 1. The Kier molecular flexibility index (Phi) is 4.42. The van der Waals surface area contributed by atoms with Crippen LogP contribution in [-0.2, 0) is 4.74 Å². The van der Waals surface area contributed by atoms with Crippen LogP contribution in [-0.4, -0.2) is 24.6 Å². The summed E-state index contributed by atoms with van der Waals surface area (Å²) < 4.78 is 5.35. The highest BCUT2D eigenvalue weighted by Gasteiger charge is 2.38. The number of cyclic esters (lactones) is 1. The lowest BCUT2D eigenvalue weighted by Gasteiger charge is -2.15. The molecule has 1 aliphatic rings. The molecule has 1 saturated heterocycles. The second-order valence-electron chi connectivity index (χ2n) is 5.16. The van der Waals surface area contributed by atoms with Gasteiger partial charge in [-0.2, -0.15) is 5.26 Å². The summed E-state index contributed by atoms with van der Waals surface area (Å²) in [4.78, 5) is 25.8. The maximum atomic E-state index is 12.1. The maximum absolute atomic E-state index is 12.1. The number of amides is 2. The van der Waals surface area contributed by atoms with Gasteiger partial charge in [0.15, 0.2) is 0 Å². The number of nitrogens with zero attached hydrogens (tertiary/aromatic N) is 2. The van der Waals surface area contributed by atoms with E-state index in [4.69, 9.17) is 27.3 Å². The number of nitrogens with two attached hydrogens (primary N) is 1. The van der Waals surface area contributed by atoms with Crippen molar-refractivity contribution in [3.05, 3.63) is 51.7 Å². The number of carbonyl (C=O) groups is 2. The Balaban J connectivity index is 1.78. The fraction of sp³-hybridized carbons (Fsp3) is 0.188. The van der Waals surface area contributed by atoms with Crippen molar-refractivity contribution in [1.29, 1.82) is 5.26 Å². The van der Waals surface area contributed by atoms with Crippen molar-refractivity contribution in [3.63, 3.8) is 0 Å². The molecule has 2 N–H and O–H groups in total. The molecule has 2 amide bonds. The first-order valence-corrected chi connectivity index (χ1v) is 8.27. The molecular weight excluding hydrogens is 350 g/mol. The lowest BCUT2D eigenvalue weighted by Crippen LogP contribution is -2.25. The van der Waals surface area contributed by atoms with Gasteiger partial charge in [-0.3, -0.25) is 9.69 Å². The molecule has 2 aromatic rings. The fourth-order valence-electron chi connectivity index (χ4n) is 2.41. The molecule has 0 bridgehead atoms. The molecule has 2 heterocycles. The van der Waals surface area contributed by atoms with E-state index in [1.54, 1.807) is 36.4 Å². The summed E-state index contributed by atoms with van der Waals surface area (Å²) in [5.41, 5.74) is 6.27. The number of nitriles is 1. The third-order valence-electron chi connectivity index (χ3n) is 3.59. The smallest absolute Gasteiger partial charge is 0.414 e. The average molecular weight is 362 g/mol. The minimum Gasteiger partial charge on any atom is -0.442 e. The van der Waals surface area contributed by atoms with Gasteiger partial charge in [0.1, 0.15) is 11.5 Å². The Morgan fingerprint density at radius 2 is 2.25 bits per heavy atom. The largest absolute Gasteiger partial charge is 0.442 e. The van der Waals surface area contributed by atoms with E-state index in [1.807, 2.05) is 6.07 Å². The van der Waals surface area contributed by atoms with Gasteiger partial charge >= 0.3 is 6.09 Å². The van der Waals surface area contributed by atoms with Gasteiger partial charge < -0.3 is 10.5 Å². The van der Waals surface area contributed by atoms with Crippen LogP contribution in [0.25, 0.3) is 0 Å². The first-order chi connectivity index (χ1) is 11.5. The van der Waals surface area contributed by atoms with E-state index >= 15 is 0 Å². The normalized spacial score (nSPS) is 18.1. The van der Waals surface area contributed by atoms with Gasteiger partial charge in [-0.1, -0.05) is 6.07 Å². The predicted molar refractivity (Wildman–Crippen MR) is 90.2 cm³/mol. The summed E-state index contributed by atoms with van der Waals surface area (Å²) >= 11 is 7.59. The highest BCUT2D eigenvalue weighted by molar-refractivity contribution is 7.14. The minimum atomic E-state index is -0.587. The Hall–Kier alpha value is -2.56. The zero-order valence-corrected chi connectivity index (χ0v) is 13.9. The lowest BCUT2D eigenvalue weighted by molar-refractivity contribution is 0.100. The Morgan fingerprint density at radius 3 is 2.92 bits per heavy atom. The molecule has 3 rings (SSSR count). The number of hydrogen-bond acceptors (Lipinski definition) is 5. The van der Waals surface area contributed by atoms with Crippen LogP contribution in [0, 0.1) is 11.3 Å². The molecule has 24 heavy (non-hydrogen) atoms. The number of rotatable bonds is 4. The average Bonchev–Trinajstić information content (AvgIpc) is 3.21. The number of benzene rings is 1. The summed E-state index contributed by atoms with van der Waals surface area (Å²) in [5.74, 6) is -0.520. The first kappa shape index (κ1) is 16.3. The Labute approximate surface area is 147 Å². The molecular formula is C16H12ClN3O3S. The van der Waals surface area contributed by atoms with Crippen molar-refractivity contribution in [2.45, 2.75) is 11.5 Å². The Bertz CT molecular complexity index is 845. The topological polar surface area (TPSA) is 96.4 Å². The van der Waals surface area contributed by atoms with E-state index in [2.05, 4.69) is 0 Å². The number of carbonyl (C=O) groups excluding carboxylic acids is 2. The number of alkyl halides is 1. The highest BCUT2D eigenvalue weighted by Crippen LogP contribution is 2.36. The van der Waals surface area contributed by atoms with Gasteiger partial charge in [0.2, 0.25) is 0 Å². The number of thiophene rings is 1. The van der Waals surface area contributed by atoms with Gasteiger partial charge in [-0.15, -0.1) is 22.9 Å². The SMILES string of the molecule is N#Cc1cccc(N2CC(C(Cl)c3ccc(C(N)=O)s3)OC2=O)c1. The first-order valence-electron chi connectivity index (χ1n) is 7.01. The zero-order chi connectivity index (χ0) is 17.3. The van der Waals surface area contributed by atoms with Gasteiger partial charge in [0, 0.05) is 10.6 Å². The van der Waals surface area contributed by atoms with Crippen LogP contribution in [0.2, 0.25) is 0 Å². The molecule has 1 fully saturated rings. The number of ether oxygens (including phenoxy) is 1. The number of primary amides is 1. The molecule has 2 unspecified atom stereocenters. The van der Waals surface area contributed by atoms with Crippen LogP contribution in [0.5, 0.6) is 0 Å². The van der Waals surface area contributed by atoms with Gasteiger partial charge in [-0.25, -0.2) is 4.79 Å². The fourth-order valence-corrected chi connectivity index (χ4v) is 3.64. The van der Waals surface area contributed by atoms with Crippen LogP contribution < -0.4 is 10.6 Å². The third kappa shape index (κ3) is 3.07. The molecule has 0 aliphatic carbocycles. The van der Waals surface area contributed by atoms with Crippen LogP contribution in [0.3, 0.4) is 0 Å². The molecule has 2 atom stereocenters. The number of halogens is 1. The van der Waals surface area contributed by atoms with E-state index in [0.29, 0.717) is 21.0 Å². The van der Waals surface area contributed by atoms with Crippen LogP contribution in [0.15, 0.2) is 36.4 Å². The van der Waals surface area contributed by atoms with Crippen molar-refractivity contribution in [2.75, 3.05) is 11.4 Å². The summed E-state index contributed by atoms with van der Waals surface area (Å²) in [6.45, 7) is 0.256. The monoisotopic (exact) mass is 361 g/mol. The summed E-state index contributed by atoms with van der Waals surface area (Å²) in [6.07, 6.45) is -1.09. The minimum absolute atomic E-state index is 0.256. The Morgan fingerprint density at radius 1 is 1.46 bits per heavy atom. The van der Waals surface area contributed by atoms with Crippen LogP contribution in [0.4, 0.5) is 10.5 Å². The molecule has 0 spiro atoms. The molecule has 1 aliphatic heterocycles. The second-order valence-corrected chi connectivity index (χ2v) is 6.75. The summed E-state index contributed by atoms with van der Waals surface area (Å²) in [7, 11) is 0. The molecule has 122 valence electrons. The van der Waals surface area contributed by atoms with Crippen molar-refractivity contribution in [1.82, 2.24) is 0 Å². The molecule has 6 nitrogen and oxygen atoms in total. The van der Waals surface area contributed by atoms with Crippen molar-refractivity contribution < 1.29 is 14.3 Å². The number of anilines is 1. The van der Waals surface area contributed by atoms with E-state index in [9.17, 15) is 9.59 Å². The lowest BCUT2D eigenvalue weighted by atomic mass is 10.2. The zero-order valence-electron chi connectivity index (χ0n) is 12.3. The van der Waals surface area contributed by atoms with Gasteiger partial charge in [0.25, 0.3) is 5.91 Å². The van der Waals surface area contributed by atoms with E-state index in [-0.39, 0.29) is 6.54 Å². The van der Waals surface area contributed by atoms with E-state index < -0.39 is 23.5 Å². The third-order valence-corrected chi connectivity index (χ3v) is 5.42. The second kappa shape index (κ2) is 6.51. The molecule has 0 radical (unpaired) electrons. The van der Waals surface area contributed by atoms with E-state index in [1.165, 1.54) is 16.2 Å². The maximum Gasteiger partial charge on any atom is 0.414 e. The summed E-state index contributed by atoms with van der Waals surface area (Å²) in [5, 5.41) is 8.38.